The second kappa shape index (κ2) is 8.25. The molecule has 6 heteroatoms. The molecule has 1 saturated heterocycles. The van der Waals surface area contributed by atoms with Gasteiger partial charge >= 0.3 is 0 Å². The molecule has 1 aromatic carbocycles. The summed E-state index contributed by atoms with van der Waals surface area (Å²) in [6.07, 6.45) is 0. The van der Waals surface area contributed by atoms with Gasteiger partial charge in [0.2, 0.25) is 11.8 Å². The first-order valence-electron chi connectivity index (χ1n) is 8.74. The van der Waals surface area contributed by atoms with Crippen LogP contribution in [0.2, 0.25) is 0 Å². The minimum Gasteiger partial charge on any atom is -0.340 e. The van der Waals surface area contributed by atoms with Crippen LogP contribution in [0.3, 0.4) is 0 Å². The molecule has 0 saturated carbocycles. The van der Waals surface area contributed by atoms with Crippen molar-refractivity contribution < 1.29 is 14.4 Å². The fraction of sp³-hybridized carbons (Fsp3) is 0.526. The Kier molecular flexibility index (Phi) is 6.31. The number of nitrogens with zero attached hydrogens (tertiary/aromatic N) is 2. The molecule has 0 bridgehead atoms. The number of carbonyl (C=O) groups is 3. The maximum atomic E-state index is 12.5. The van der Waals surface area contributed by atoms with E-state index in [0.29, 0.717) is 37.4 Å². The van der Waals surface area contributed by atoms with E-state index in [0.717, 1.165) is 0 Å². The van der Waals surface area contributed by atoms with Gasteiger partial charge in [-0.15, -0.1) is 0 Å². The Morgan fingerprint density at radius 1 is 0.960 bits per heavy atom. The first kappa shape index (κ1) is 19.1. The molecule has 2 rings (SSSR count). The second-order valence-electron chi connectivity index (χ2n) is 6.81. The first-order chi connectivity index (χ1) is 11.8. The molecule has 1 aliphatic heterocycles. The van der Waals surface area contributed by atoms with Crippen molar-refractivity contribution in [2.24, 2.45) is 5.92 Å². The maximum Gasteiger partial charge on any atom is 0.241 e. The quantitative estimate of drug-likeness (QED) is 0.829. The van der Waals surface area contributed by atoms with Crippen LogP contribution in [0.25, 0.3) is 0 Å². The zero-order chi connectivity index (χ0) is 18.6. The molecule has 0 aromatic heterocycles. The number of hydrogen-bond acceptors (Lipinski definition) is 4. The van der Waals surface area contributed by atoms with Gasteiger partial charge in [0.1, 0.15) is 0 Å². The number of hydrogen-bond donors (Lipinski definition) is 1. The van der Waals surface area contributed by atoms with Gasteiger partial charge in [0.25, 0.3) is 0 Å². The topological polar surface area (TPSA) is 69.7 Å². The lowest BCUT2D eigenvalue weighted by atomic mass is 10.1. The van der Waals surface area contributed by atoms with Crippen LogP contribution in [-0.4, -0.2) is 59.6 Å². The van der Waals surface area contributed by atoms with E-state index in [2.05, 4.69) is 10.2 Å². The summed E-state index contributed by atoms with van der Waals surface area (Å²) in [5.41, 5.74) is 1.30. The van der Waals surface area contributed by atoms with Crippen LogP contribution in [-0.2, 0) is 9.59 Å². The molecular weight excluding hydrogens is 318 g/mol. The largest absolute Gasteiger partial charge is 0.340 e. The predicted octanol–water partition coefficient (Wildman–Crippen LogP) is 2.02. The van der Waals surface area contributed by atoms with Gasteiger partial charge < -0.3 is 10.2 Å². The van der Waals surface area contributed by atoms with Gasteiger partial charge in [-0.05, 0) is 38.1 Å². The van der Waals surface area contributed by atoms with Crippen LogP contribution in [0.1, 0.15) is 38.1 Å². The summed E-state index contributed by atoms with van der Waals surface area (Å²) in [6, 6.07) is 6.61. The average Bonchev–Trinajstić information content (AvgIpc) is 2.60. The van der Waals surface area contributed by atoms with Crippen molar-refractivity contribution in [2.75, 3.05) is 31.5 Å². The van der Waals surface area contributed by atoms with Crippen molar-refractivity contribution in [3.05, 3.63) is 29.8 Å². The van der Waals surface area contributed by atoms with Crippen LogP contribution in [0.5, 0.6) is 0 Å². The Labute approximate surface area is 149 Å². The Morgan fingerprint density at radius 2 is 1.52 bits per heavy atom. The van der Waals surface area contributed by atoms with Gasteiger partial charge in [0.05, 0.1) is 6.04 Å². The van der Waals surface area contributed by atoms with Crippen molar-refractivity contribution in [3.8, 4) is 0 Å². The van der Waals surface area contributed by atoms with E-state index >= 15 is 0 Å². The number of amides is 2. The van der Waals surface area contributed by atoms with E-state index in [4.69, 9.17) is 0 Å². The second-order valence-corrected chi connectivity index (χ2v) is 6.81. The van der Waals surface area contributed by atoms with E-state index < -0.39 is 0 Å². The highest BCUT2D eigenvalue weighted by molar-refractivity contribution is 5.97. The van der Waals surface area contributed by atoms with Gasteiger partial charge in [-0.25, -0.2) is 0 Å². The van der Waals surface area contributed by atoms with Crippen molar-refractivity contribution in [1.29, 1.82) is 0 Å². The number of rotatable bonds is 5. The van der Waals surface area contributed by atoms with Gasteiger partial charge in [0.15, 0.2) is 5.78 Å². The monoisotopic (exact) mass is 345 g/mol. The lowest BCUT2D eigenvalue weighted by Crippen LogP contribution is -2.54. The number of nitrogens with one attached hydrogen (secondary N) is 1. The average molecular weight is 345 g/mol. The highest BCUT2D eigenvalue weighted by Gasteiger charge is 2.28. The molecule has 1 fully saturated rings. The number of benzene rings is 1. The smallest absolute Gasteiger partial charge is 0.241 e. The molecule has 0 aliphatic carbocycles. The molecule has 6 nitrogen and oxygen atoms in total. The minimum atomic E-state index is -0.274. The Bertz CT molecular complexity index is 632. The van der Waals surface area contributed by atoms with Crippen molar-refractivity contribution in [1.82, 2.24) is 9.80 Å². The summed E-state index contributed by atoms with van der Waals surface area (Å²) in [7, 11) is 0. The van der Waals surface area contributed by atoms with Gasteiger partial charge in [-0.3, -0.25) is 19.3 Å². The molecule has 0 unspecified atom stereocenters. The van der Waals surface area contributed by atoms with Crippen LogP contribution < -0.4 is 5.32 Å². The third-order valence-electron chi connectivity index (χ3n) is 4.61. The molecular formula is C19H27N3O3. The third kappa shape index (κ3) is 4.89. The number of Topliss-reactive ketones (excluding diaryl/α,β-unsaturated/α-hetero) is 1. The maximum absolute atomic E-state index is 12.5. The molecule has 1 N–H and O–H groups in total. The Morgan fingerprint density at radius 3 is 2.00 bits per heavy atom. The first-order valence-corrected chi connectivity index (χ1v) is 8.74. The summed E-state index contributed by atoms with van der Waals surface area (Å²) in [5.74, 6) is 0.0897. The van der Waals surface area contributed by atoms with Crippen molar-refractivity contribution in [2.45, 2.75) is 33.7 Å². The molecule has 136 valence electrons. The molecule has 0 spiro atoms. The molecule has 2 amide bonds. The number of ketones is 1. The zero-order valence-corrected chi connectivity index (χ0v) is 15.4. The zero-order valence-electron chi connectivity index (χ0n) is 15.4. The summed E-state index contributed by atoms with van der Waals surface area (Å²) < 4.78 is 0. The number of piperazine rings is 1. The fourth-order valence-corrected chi connectivity index (χ4v) is 2.90. The van der Waals surface area contributed by atoms with Gasteiger partial charge in [0, 0.05) is 43.3 Å². The number of anilines is 1. The molecule has 1 aromatic rings. The highest BCUT2D eigenvalue weighted by Crippen LogP contribution is 2.14. The molecule has 1 heterocycles. The molecule has 25 heavy (non-hydrogen) atoms. The standard InChI is InChI=1S/C19H27N3O3/c1-13(2)19(25)22-11-9-21(10-12-22)14(3)18(24)20-17-7-5-16(6-8-17)15(4)23/h5-8,13-14H,9-12H2,1-4H3,(H,20,24)/t14-/m0/s1. The van der Waals surface area contributed by atoms with Gasteiger partial charge in [-0.2, -0.15) is 0 Å². The van der Waals surface area contributed by atoms with Gasteiger partial charge in [-0.1, -0.05) is 13.8 Å². The predicted molar refractivity (Wildman–Crippen MR) is 97.5 cm³/mol. The Hall–Kier alpha value is -2.21. The van der Waals surface area contributed by atoms with E-state index in [9.17, 15) is 14.4 Å². The van der Waals surface area contributed by atoms with Crippen LogP contribution in [0, 0.1) is 5.92 Å². The fourth-order valence-electron chi connectivity index (χ4n) is 2.90. The molecule has 1 aliphatic rings. The van der Waals surface area contributed by atoms with E-state index in [1.165, 1.54) is 6.92 Å². The molecule has 1 atom stereocenters. The van der Waals surface area contributed by atoms with Crippen LogP contribution >= 0.6 is 0 Å². The number of carbonyl (C=O) groups excluding carboxylic acids is 3. The minimum absolute atomic E-state index is 0.0000558. The van der Waals surface area contributed by atoms with Crippen LogP contribution in [0.4, 0.5) is 5.69 Å². The highest BCUT2D eigenvalue weighted by atomic mass is 16.2. The summed E-state index contributed by atoms with van der Waals surface area (Å²) in [6.45, 7) is 9.89. The van der Waals surface area contributed by atoms with Crippen LogP contribution in [0.15, 0.2) is 24.3 Å². The summed E-state index contributed by atoms with van der Waals surface area (Å²) in [5, 5.41) is 2.88. The van der Waals surface area contributed by atoms with E-state index in [-0.39, 0.29) is 29.6 Å². The summed E-state index contributed by atoms with van der Waals surface area (Å²) in [4.78, 5) is 39.7. The lowest BCUT2D eigenvalue weighted by molar-refractivity contribution is -0.136. The third-order valence-corrected chi connectivity index (χ3v) is 4.61. The SMILES string of the molecule is CC(=O)c1ccc(NC(=O)[C@H](C)N2CCN(C(=O)C(C)C)CC2)cc1. The molecule has 0 radical (unpaired) electrons. The summed E-state index contributed by atoms with van der Waals surface area (Å²) >= 11 is 0. The normalized spacial score (nSPS) is 16.6. The van der Waals surface area contributed by atoms with Crippen molar-refractivity contribution >= 4 is 23.3 Å². The van der Waals surface area contributed by atoms with E-state index in [1.54, 1.807) is 24.3 Å². The lowest BCUT2D eigenvalue weighted by Gasteiger charge is -2.38. The van der Waals surface area contributed by atoms with Crippen molar-refractivity contribution in [3.63, 3.8) is 0 Å². The Balaban J connectivity index is 1.88. The van der Waals surface area contributed by atoms with E-state index in [1.807, 2.05) is 25.7 Å².